The van der Waals surface area contributed by atoms with Crippen molar-refractivity contribution in [2.45, 2.75) is 24.8 Å². The van der Waals surface area contributed by atoms with Gasteiger partial charge in [-0.3, -0.25) is 9.71 Å². The molecule has 0 saturated carbocycles. The molecule has 0 unspecified atom stereocenters. The van der Waals surface area contributed by atoms with Crippen LogP contribution in [0.15, 0.2) is 78.0 Å². The Labute approximate surface area is 202 Å². The fraction of sp³-hybridized carbons (Fsp3) is 0.115. The Bertz CT molecular complexity index is 1570. The van der Waals surface area contributed by atoms with Gasteiger partial charge in [-0.05, 0) is 56.3 Å². The minimum atomic E-state index is -4.12. The number of fused-ring (bicyclic) bond motifs is 1. The van der Waals surface area contributed by atoms with Crippen molar-refractivity contribution in [2.24, 2.45) is 0 Å². The number of hydrogen-bond acceptors (Lipinski definition) is 6. The molecule has 35 heavy (non-hydrogen) atoms. The summed E-state index contributed by atoms with van der Waals surface area (Å²) in [5.41, 5.74) is 1.40. The Hall–Kier alpha value is -4.42. The van der Waals surface area contributed by atoms with Gasteiger partial charge in [0.25, 0.3) is 10.0 Å². The molecule has 0 bridgehead atoms. The van der Waals surface area contributed by atoms with Crippen LogP contribution in [0.25, 0.3) is 10.9 Å². The highest BCUT2D eigenvalue weighted by Gasteiger charge is 2.25. The fourth-order valence-corrected chi connectivity index (χ4v) is 4.69. The first-order valence-electron chi connectivity index (χ1n) is 10.6. The number of para-hydroxylation sites is 1. The van der Waals surface area contributed by atoms with Crippen LogP contribution in [-0.2, 0) is 10.0 Å². The Balaban J connectivity index is 1.73. The minimum absolute atomic E-state index is 0.0551. The van der Waals surface area contributed by atoms with Crippen molar-refractivity contribution in [1.29, 1.82) is 0 Å². The van der Waals surface area contributed by atoms with Crippen molar-refractivity contribution in [3.8, 4) is 17.6 Å². The van der Waals surface area contributed by atoms with Crippen molar-refractivity contribution in [1.82, 2.24) is 9.97 Å². The third-order valence-electron chi connectivity index (χ3n) is 4.82. The molecule has 9 heteroatoms. The molecule has 4 aromatic rings. The SMILES string of the molecule is CC(C)Oc1ccc2cccnc2c1S(=O)(=O)Nc1ccccc1C#Cc1ccc(C(=O)O)nc1. The number of carboxylic acid groups (broad SMARTS) is 1. The normalized spacial score (nSPS) is 11.1. The van der Waals surface area contributed by atoms with Gasteiger partial charge in [-0.1, -0.05) is 30.0 Å². The molecule has 0 spiro atoms. The molecule has 0 fully saturated rings. The third kappa shape index (κ3) is 5.39. The van der Waals surface area contributed by atoms with Crippen molar-refractivity contribution in [3.05, 3.63) is 89.9 Å². The first kappa shape index (κ1) is 23.7. The first-order chi connectivity index (χ1) is 16.7. The van der Waals surface area contributed by atoms with Gasteiger partial charge in [-0.2, -0.15) is 0 Å². The highest BCUT2D eigenvalue weighted by Crippen LogP contribution is 2.33. The van der Waals surface area contributed by atoms with Crippen molar-refractivity contribution in [3.63, 3.8) is 0 Å². The van der Waals surface area contributed by atoms with E-state index < -0.39 is 16.0 Å². The van der Waals surface area contributed by atoms with Gasteiger partial charge in [0.1, 0.15) is 11.4 Å². The van der Waals surface area contributed by atoms with E-state index in [1.165, 1.54) is 24.5 Å². The number of aromatic nitrogens is 2. The van der Waals surface area contributed by atoms with E-state index >= 15 is 0 Å². The molecular weight excluding hydrogens is 466 g/mol. The number of nitrogens with one attached hydrogen (secondary N) is 1. The molecule has 0 aliphatic rings. The quantitative estimate of drug-likeness (QED) is 0.389. The van der Waals surface area contributed by atoms with E-state index in [-0.39, 0.29) is 28.1 Å². The van der Waals surface area contributed by atoms with Crippen LogP contribution in [0, 0.1) is 11.8 Å². The average molecular weight is 488 g/mol. The molecule has 0 aliphatic heterocycles. The van der Waals surface area contributed by atoms with Crippen LogP contribution in [0.4, 0.5) is 5.69 Å². The standard InChI is InChI=1S/C26H21N3O5S/c1-17(2)34-23-14-12-20-7-5-15-27-24(20)25(23)35(32,33)29-21-8-4-3-6-19(21)11-9-18-10-13-22(26(30)31)28-16-18/h3-8,10,12-17,29H,1-2H3,(H,30,31). The van der Waals surface area contributed by atoms with Gasteiger partial charge >= 0.3 is 5.97 Å². The lowest BCUT2D eigenvalue weighted by atomic mass is 10.1. The second kappa shape index (κ2) is 9.83. The number of sulfonamides is 1. The summed E-state index contributed by atoms with van der Waals surface area (Å²) in [6.45, 7) is 3.63. The maximum Gasteiger partial charge on any atom is 0.354 e. The van der Waals surface area contributed by atoms with Crippen molar-refractivity contribution < 1.29 is 23.1 Å². The molecule has 2 N–H and O–H groups in total. The smallest absolute Gasteiger partial charge is 0.354 e. The van der Waals surface area contributed by atoms with E-state index in [0.717, 1.165) is 0 Å². The van der Waals surface area contributed by atoms with E-state index in [1.807, 2.05) is 13.8 Å². The average Bonchev–Trinajstić information content (AvgIpc) is 2.83. The topological polar surface area (TPSA) is 118 Å². The van der Waals surface area contributed by atoms with Gasteiger partial charge in [-0.25, -0.2) is 18.2 Å². The molecule has 0 amide bonds. The number of rotatable bonds is 6. The number of anilines is 1. The summed E-state index contributed by atoms with van der Waals surface area (Å²) >= 11 is 0. The number of hydrogen-bond donors (Lipinski definition) is 2. The van der Waals surface area contributed by atoms with Gasteiger partial charge < -0.3 is 9.84 Å². The molecule has 2 aromatic heterocycles. The molecule has 2 aromatic carbocycles. The summed E-state index contributed by atoms with van der Waals surface area (Å²) in [4.78, 5) is 19.1. The molecule has 0 atom stereocenters. The molecule has 0 aliphatic carbocycles. The van der Waals surface area contributed by atoms with Crippen LogP contribution in [0.2, 0.25) is 0 Å². The van der Waals surface area contributed by atoms with Gasteiger partial charge in [0, 0.05) is 28.9 Å². The van der Waals surface area contributed by atoms with E-state index in [9.17, 15) is 13.2 Å². The summed E-state index contributed by atoms with van der Waals surface area (Å²) < 4.78 is 35.6. The molecule has 4 rings (SSSR count). The number of benzene rings is 2. The Kier molecular flexibility index (Phi) is 6.66. The van der Waals surface area contributed by atoms with Crippen LogP contribution in [0.1, 0.15) is 35.5 Å². The summed E-state index contributed by atoms with van der Waals surface area (Å²) in [5.74, 6) is 4.88. The second-order valence-corrected chi connectivity index (χ2v) is 9.39. The van der Waals surface area contributed by atoms with Gasteiger partial charge in [0.05, 0.1) is 17.3 Å². The minimum Gasteiger partial charge on any atom is -0.489 e. The summed E-state index contributed by atoms with van der Waals surface area (Å²) in [5, 5.41) is 9.64. The van der Waals surface area contributed by atoms with E-state index in [4.69, 9.17) is 9.84 Å². The Morgan fingerprint density at radius 1 is 1.00 bits per heavy atom. The summed E-state index contributed by atoms with van der Waals surface area (Å²) in [6, 6.07) is 16.5. The van der Waals surface area contributed by atoms with Crippen LogP contribution in [0.5, 0.6) is 5.75 Å². The van der Waals surface area contributed by atoms with Crippen LogP contribution in [-0.4, -0.2) is 35.6 Å². The predicted molar refractivity (Wildman–Crippen MR) is 132 cm³/mol. The lowest BCUT2D eigenvalue weighted by molar-refractivity contribution is 0.0690. The van der Waals surface area contributed by atoms with E-state index in [1.54, 1.807) is 48.5 Å². The zero-order chi connectivity index (χ0) is 25.0. The van der Waals surface area contributed by atoms with Gasteiger partial charge in [0.2, 0.25) is 0 Å². The fourth-order valence-electron chi connectivity index (χ4n) is 3.32. The lowest BCUT2D eigenvalue weighted by Crippen LogP contribution is -2.17. The van der Waals surface area contributed by atoms with Crippen molar-refractivity contribution >= 4 is 32.6 Å². The highest BCUT2D eigenvalue weighted by atomic mass is 32.2. The molecule has 2 heterocycles. The zero-order valence-electron chi connectivity index (χ0n) is 18.9. The van der Waals surface area contributed by atoms with Gasteiger partial charge in [0.15, 0.2) is 4.90 Å². The summed E-state index contributed by atoms with van der Waals surface area (Å²) in [7, 11) is -4.12. The van der Waals surface area contributed by atoms with Crippen LogP contribution >= 0.6 is 0 Å². The third-order valence-corrected chi connectivity index (χ3v) is 6.24. The monoisotopic (exact) mass is 487 g/mol. The van der Waals surface area contributed by atoms with E-state index in [2.05, 4.69) is 26.5 Å². The number of ether oxygens (including phenoxy) is 1. The largest absolute Gasteiger partial charge is 0.489 e. The molecule has 0 saturated heterocycles. The maximum atomic E-state index is 13.6. The van der Waals surface area contributed by atoms with Crippen LogP contribution in [0.3, 0.4) is 0 Å². The molecule has 176 valence electrons. The maximum absolute atomic E-state index is 13.6. The Morgan fingerprint density at radius 3 is 2.51 bits per heavy atom. The van der Waals surface area contributed by atoms with Crippen molar-refractivity contribution in [2.75, 3.05) is 4.72 Å². The Morgan fingerprint density at radius 2 is 1.80 bits per heavy atom. The number of carboxylic acids is 1. The number of carbonyl (C=O) groups is 1. The number of pyridine rings is 2. The zero-order valence-corrected chi connectivity index (χ0v) is 19.7. The molecule has 0 radical (unpaired) electrons. The number of aromatic carboxylic acids is 1. The highest BCUT2D eigenvalue weighted by molar-refractivity contribution is 7.93. The van der Waals surface area contributed by atoms with E-state index in [0.29, 0.717) is 22.0 Å². The van der Waals surface area contributed by atoms with Gasteiger partial charge in [-0.15, -0.1) is 0 Å². The number of nitrogens with zero attached hydrogens (tertiary/aromatic N) is 2. The second-order valence-electron chi connectivity index (χ2n) is 7.77. The lowest BCUT2D eigenvalue weighted by Gasteiger charge is -2.17. The van der Waals surface area contributed by atoms with Crippen LogP contribution < -0.4 is 9.46 Å². The molecule has 8 nitrogen and oxygen atoms in total. The molecular formula is C26H21N3O5S. The predicted octanol–water partition coefficient (Wildman–Crippen LogP) is 4.32. The summed E-state index contributed by atoms with van der Waals surface area (Å²) in [6.07, 6.45) is 2.63. The first-order valence-corrected chi connectivity index (χ1v) is 12.1.